The lowest BCUT2D eigenvalue weighted by molar-refractivity contribution is -0.120. The summed E-state index contributed by atoms with van der Waals surface area (Å²) in [7, 11) is 2.71. The highest BCUT2D eigenvalue weighted by molar-refractivity contribution is 6.21. The van der Waals surface area contributed by atoms with Gasteiger partial charge in [0.1, 0.15) is 0 Å². The lowest BCUT2D eigenvalue weighted by atomic mass is 9.96. The minimum absolute atomic E-state index is 0.00259. The second kappa shape index (κ2) is 6.19. The smallest absolute Gasteiger partial charge is 0.227 e. The van der Waals surface area contributed by atoms with Crippen LogP contribution in [0.4, 0.5) is 0 Å². The molecule has 0 fully saturated rings. The van der Waals surface area contributed by atoms with Crippen molar-refractivity contribution >= 4 is 11.6 Å². The molecule has 0 aliphatic heterocycles. The number of allylic oxidation sites excluding steroid dienone is 4. The van der Waals surface area contributed by atoms with Gasteiger partial charge in [-0.15, -0.1) is 0 Å². The van der Waals surface area contributed by atoms with E-state index in [9.17, 15) is 9.59 Å². The number of methoxy groups -OCH3 is 2. The fraction of sp³-hybridized carbons (Fsp3) is 0.429. The van der Waals surface area contributed by atoms with Crippen molar-refractivity contribution in [2.24, 2.45) is 0 Å². The molecular formula is C14H18O4. The standard InChI is InChI=1S/C14H18O4/c1-9(2)6-5-7-10-8-11(15)13(17-3)14(18-4)12(10)16/h6,8H,5,7H2,1-4H3. The van der Waals surface area contributed by atoms with Crippen LogP contribution in [0, 0.1) is 0 Å². The summed E-state index contributed by atoms with van der Waals surface area (Å²) < 4.78 is 9.86. The molecule has 0 saturated carbocycles. The van der Waals surface area contributed by atoms with Crippen molar-refractivity contribution < 1.29 is 19.1 Å². The molecule has 1 rings (SSSR count). The number of Topliss-reactive ketones (excluding diaryl/α,β-unsaturated/α-hetero) is 1. The van der Waals surface area contributed by atoms with Gasteiger partial charge in [-0.3, -0.25) is 9.59 Å². The van der Waals surface area contributed by atoms with Crippen LogP contribution < -0.4 is 0 Å². The Kier molecular flexibility index (Phi) is 4.89. The van der Waals surface area contributed by atoms with E-state index in [0.29, 0.717) is 12.0 Å². The Morgan fingerprint density at radius 2 is 1.78 bits per heavy atom. The van der Waals surface area contributed by atoms with Gasteiger partial charge in [-0.1, -0.05) is 11.6 Å². The zero-order chi connectivity index (χ0) is 13.7. The molecule has 0 aromatic carbocycles. The number of carbonyl (C=O) groups is 2. The number of ether oxygens (including phenoxy) is 2. The molecule has 0 N–H and O–H groups in total. The molecule has 0 saturated heterocycles. The Hall–Kier alpha value is -1.84. The van der Waals surface area contributed by atoms with Gasteiger partial charge in [-0.05, 0) is 32.8 Å². The molecule has 0 unspecified atom stereocenters. The Morgan fingerprint density at radius 3 is 2.28 bits per heavy atom. The Bertz CT molecular complexity index is 448. The van der Waals surface area contributed by atoms with Crippen LogP contribution in [0.1, 0.15) is 26.7 Å². The van der Waals surface area contributed by atoms with Gasteiger partial charge in [0.05, 0.1) is 14.2 Å². The van der Waals surface area contributed by atoms with Crippen molar-refractivity contribution in [1.82, 2.24) is 0 Å². The summed E-state index contributed by atoms with van der Waals surface area (Å²) in [6.45, 7) is 3.98. The summed E-state index contributed by atoms with van der Waals surface area (Å²) in [5, 5.41) is 0. The fourth-order valence-corrected chi connectivity index (χ4v) is 1.73. The van der Waals surface area contributed by atoms with Crippen LogP contribution in [0.15, 0.2) is 34.8 Å². The van der Waals surface area contributed by atoms with Crippen LogP contribution in [-0.2, 0) is 19.1 Å². The van der Waals surface area contributed by atoms with Gasteiger partial charge in [-0.2, -0.15) is 0 Å². The number of hydrogen-bond donors (Lipinski definition) is 0. The van der Waals surface area contributed by atoms with Gasteiger partial charge in [-0.25, -0.2) is 0 Å². The van der Waals surface area contributed by atoms with Gasteiger partial charge in [0.25, 0.3) is 0 Å². The van der Waals surface area contributed by atoms with Crippen molar-refractivity contribution in [1.29, 1.82) is 0 Å². The summed E-state index contributed by atoms with van der Waals surface area (Å²) in [6, 6.07) is 0. The van der Waals surface area contributed by atoms with Crippen molar-refractivity contribution in [3.8, 4) is 0 Å². The molecule has 0 atom stereocenters. The van der Waals surface area contributed by atoms with E-state index in [4.69, 9.17) is 9.47 Å². The van der Waals surface area contributed by atoms with E-state index in [1.54, 1.807) is 0 Å². The van der Waals surface area contributed by atoms with E-state index in [1.165, 1.54) is 25.9 Å². The van der Waals surface area contributed by atoms with E-state index in [-0.39, 0.29) is 23.1 Å². The lowest BCUT2D eigenvalue weighted by Gasteiger charge is -2.16. The van der Waals surface area contributed by atoms with Crippen LogP contribution >= 0.6 is 0 Å². The van der Waals surface area contributed by atoms with E-state index < -0.39 is 0 Å². The second-order valence-corrected chi connectivity index (χ2v) is 4.25. The van der Waals surface area contributed by atoms with Crippen molar-refractivity contribution in [2.45, 2.75) is 26.7 Å². The highest BCUT2D eigenvalue weighted by atomic mass is 16.5. The summed E-state index contributed by atoms with van der Waals surface area (Å²) in [5.41, 5.74) is 1.65. The van der Waals surface area contributed by atoms with Crippen LogP contribution in [0.25, 0.3) is 0 Å². The van der Waals surface area contributed by atoms with Crippen LogP contribution in [0.2, 0.25) is 0 Å². The van der Waals surface area contributed by atoms with Crippen LogP contribution in [-0.4, -0.2) is 25.8 Å². The highest BCUT2D eigenvalue weighted by Crippen LogP contribution is 2.23. The predicted octanol–water partition coefficient (Wildman–Crippen LogP) is 2.32. The van der Waals surface area contributed by atoms with Crippen molar-refractivity contribution in [3.63, 3.8) is 0 Å². The first-order valence-electron chi connectivity index (χ1n) is 5.76. The van der Waals surface area contributed by atoms with Gasteiger partial charge < -0.3 is 9.47 Å². The average molecular weight is 250 g/mol. The first-order valence-corrected chi connectivity index (χ1v) is 5.76. The molecule has 18 heavy (non-hydrogen) atoms. The molecule has 0 heterocycles. The highest BCUT2D eigenvalue weighted by Gasteiger charge is 2.29. The molecule has 98 valence electrons. The summed E-state index contributed by atoms with van der Waals surface area (Å²) in [5.74, 6) is -0.608. The zero-order valence-electron chi connectivity index (χ0n) is 11.2. The molecule has 0 aromatic rings. The Balaban J connectivity index is 2.89. The first kappa shape index (κ1) is 14.2. The summed E-state index contributed by atoms with van der Waals surface area (Å²) in [4.78, 5) is 23.8. The van der Waals surface area contributed by atoms with Crippen LogP contribution in [0.5, 0.6) is 0 Å². The van der Waals surface area contributed by atoms with E-state index in [1.807, 2.05) is 19.9 Å². The maximum Gasteiger partial charge on any atom is 0.227 e. The quantitative estimate of drug-likeness (QED) is 0.555. The predicted molar refractivity (Wildman–Crippen MR) is 67.8 cm³/mol. The third-order valence-corrected chi connectivity index (χ3v) is 2.61. The third-order valence-electron chi connectivity index (χ3n) is 2.61. The lowest BCUT2D eigenvalue weighted by Crippen LogP contribution is -2.21. The van der Waals surface area contributed by atoms with Gasteiger partial charge in [0.15, 0.2) is 0 Å². The molecule has 0 amide bonds. The largest absolute Gasteiger partial charge is 0.490 e. The number of hydrogen-bond acceptors (Lipinski definition) is 4. The summed E-state index contributed by atoms with van der Waals surface area (Å²) >= 11 is 0. The molecule has 1 aliphatic rings. The molecule has 0 aromatic heterocycles. The fourth-order valence-electron chi connectivity index (χ4n) is 1.73. The summed E-state index contributed by atoms with van der Waals surface area (Å²) in [6.07, 6.45) is 4.62. The maximum atomic E-state index is 12.0. The molecule has 4 heteroatoms. The van der Waals surface area contributed by atoms with Gasteiger partial charge >= 0.3 is 0 Å². The molecule has 0 spiro atoms. The van der Waals surface area contributed by atoms with E-state index >= 15 is 0 Å². The monoisotopic (exact) mass is 250 g/mol. The molecule has 0 radical (unpaired) electrons. The van der Waals surface area contributed by atoms with Gasteiger partial charge in [0, 0.05) is 5.57 Å². The van der Waals surface area contributed by atoms with Crippen LogP contribution in [0.3, 0.4) is 0 Å². The van der Waals surface area contributed by atoms with Crippen molar-refractivity contribution in [3.05, 3.63) is 34.8 Å². The minimum atomic E-state index is -0.318. The second-order valence-electron chi connectivity index (χ2n) is 4.25. The molecule has 1 aliphatic carbocycles. The molecular weight excluding hydrogens is 232 g/mol. The minimum Gasteiger partial charge on any atom is -0.490 e. The Morgan fingerprint density at radius 1 is 1.17 bits per heavy atom. The number of ketones is 2. The maximum absolute atomic E-state index is 12.0. The Labute approximate surface area is 107 Å². The zero-order valence-corrected chi connectivity index (χ0v) is 11.2. The number of rotatable bonds is 5. The SMILES string of the molecule is COC1=C(OC)C(=O)C(CCC=C(C)C)=CC1=O. The normalized spacial score (nSPS) is 15.4. The van der Waals surface area contributed by atoms with Crippen molar-refractivity contribution in [2.75, 3.05) is 14.2 Å². The average Bonchev–Trinajstić information content (AvgIpc) is 2.32. The topological polar surface area (TPSA) is 52.6 Å². The third kappa shape index (κ3) is 3.09. The first-order chi connectivity index (χ1) is 8.51. The molecule has 4 nitrogen and oxygen atoms in total. The number of carbonyl (C=O) groups excluding carboxylic acids is 2. The molecule has 0 bridgehead atoms. The van der Waals surface area contributed by atoms with Gasteiger partial charge in [0.2, 0.25) is 23.1 Å². The van der Waals surface area contributed by atoms with E-state index in [2.05, 4.69) is 0 Å². The van der Waals surface area contributed by atoms with E-state index in [0.717, 1.165) is 6.42 Å².